The Bertz CT molecular complexity index is 788. The maximum absolute atomic E-state index is 12.6. The van der Waals surface area contributed by atoms with Gasteiger partial charge in [-0.2, -0.15) is 0 Å². The maximum Gasteiger partial charge on any atom is 0.268 e. The summed E-state index contributed by atoms with van der Waals surface area (Å²) >= 11 is 0. The van der Waals surface area contributed by atoms with Gasteiger partial charge in [-0.15, -0.1) is 0 Å². The largest absolute Gasteiger partial charge is 0.376 e. The summed E-state index contributed by atoms with van der Waals surface area (Å²) in [4.78, 5) is 30.0. The highest BCUT2D eigenvalue weighted by atomic mass is 16.5. The lowest BCUT2D eigenvalue weighted by molar-refractivity contribution is -0.133. The van der Waals surface area contributed by atoms with E-state index in [0.717, 1.165) is 28.8 Å². The van der Waals surface area contributed by atoms with Crippen LogP contribution in [0.4, 0.5) is 0 Å². The zero-order valence-electron chi connectivity index (χ0n) is 13.5. The number of carbonyl (C=O) groups is 2. The van der Waals surface area contributed by atoms with Crippen molar-refractivity contribution in [1.82, 2.24) is 15.2 Å². The zero-order valence-corrected chi connectivity index (χ0v) is 13.5. The van der Waals surface area contributed by atoms with E-state index in [9.17, 15) is 9.59 Å². The van der Waals surface area contributed by atoms with Crippen molar-refractivity contribution in [3.05, 3.63) is 58.4 Å². The normalized spacial score (nSPS) is 19.6. The first-order chi connectivity index (χ1) is 11.6. The molecule has 0 bridgehead atoms. The summed E-state index contributed by atoms with van der Waals surface area (Å²) in [5, 5.41) is 2.88. The Balaban J connectivity index is 1.61. The second-order valence-electron chi connectivity index (χ2n) is 6.29. The lowest BCUT2D eigenvalue weighted by atomic mass is 9.95. The number of nitrogens with one attached hydrogen (secondary N) is 2. The van der Waals surface area contributed by atoms with Crippen LogP contribution in [0, 0.1) is 0 Å². The van der Waals surface area contributed by atoms with Crippen molar-refractivity contribution in [2.75, 3.05) is 13.7 Å². The number of likely N-dealkylation sites (N-methyl/N-ethyl adjacent to an activating group) is 1. The van der Waals surface area contributed by atoms with E-state index in [1.807, 2.05) is 30.3 Å². The van der Waals surface area contributed by atoms with Gasteiger partial charge >= 0.3 is 0 Å². The van der Waals surface area contributed by atoms with Gasteiger partial charge in [0.15, 0.2) is 0 Å². The Labute approximate surface area is 139 Å². The van der Waals surface area contributed by atoms with E-state index in [1.54, 1.807) is 11.9 Å². The van der Waals surface area contributed by atoms with Gasteiger partial charge in [0.1, 0.15) is 11.7 Å². The summed E-state index contributed by atoms with van der Waals surface area (Å²) in [5.74, 6) is -0.366. The zero-order chi connectivity index (χ0) is 16.7. The average molecular weight is 325 g/mol. The van der Waals surface area contributed by atoms with Crippen LogP contribution in [0.3, 0.4) is 0 Å². The molecule has 1 atom stereocenters. The fourth-order valence-corrected chi connectivity index (χ4v) is 3.37. The molecule has 2 amide bonds. The van der Waals surface area contributed by atoms with E-state index < -0.39 is 6.04 Å². The van der Waals surface area contributed by atoms with Crippen LogP contribution in [-0.4, -0.2) is 35.4 Å². The van der Waals surface area contributed by atoms with Crippen molar-refractivity contribution in [3.63, 3.8) is 0 Å². The number of aromatic amines is 1. The van der Waals surface area contributed by atoms with Crippen molar-refractivity contribution >= 4 is 11.8 Å². The fraction of sp³-hybridized carbons (Fsp3) is 0.333. The number of rotatable bonds is 2. The van der Waals surface area contributed by atoms with Crippen molar-refractivity contribution in [2.45, 2.75) is 25.6 Å². The van der Waals surface area contributed by atoms with Crippen molar-refractivity contribution in [1.29, 1.82) is 0 Å². The highest BCUT2D eigenvalue weighted by Crippen LogP contribution is 2.27. The van der Waals surface area contributed by atoms with Gasteiger partial charge in [-0.1, -0.05) is 24.3 Å². The van der Waals surface area contributed by atoms with Crippen molar-refractivity contribution in [2.24, 2.45) is 0 Å². The smallest absolute Gasteiger partial charge is 0.268 e. The van der Waals surface area contributed by atoms with Crippen LogP contribution in [0.2, 0.25) is 0 Å². The molecule has 2 aliphatic rings. The number of ether oxygens (including phenoxy) is 1. The van der Waals surface area contributed by atoms with Crippen LogP contribution in [0.15, 0.2) is 30.3 Å². The number of fused-ring (bicyclic) bond motifs is 2. The Morgan fingerprint density at radius 1 is 1.33 bits per heavy atom. The van der Waals surface area contributed by atoms with Gasteiger partial charge in [-0.05, 0) is 22.8 Å². The molecule has 2 aliphatic heterocycles. The number of nitrogens with zero attached hydrogens (tertiary/aromatic N) is 1. The molecule has 0 aliphatic carbocycles. The third kappa shape index (κ3) is 2.49. The van der Waals surface area contributed by atoms with Gasteiger partial charge in [0.2, 0.25) is 5.91 Å². The van der Waals surface area contributed by atoms with E-state index in [1.165, 1.54) is 0 Å². The van der Waals surface area contributed by atoms with Gasteiger partial charge in [0.25, 0.3) is 5.91 Å². The van der Waals surface area contributed by atoms with Crippen molar-refractivity contribution < 1.29 is 14.3 Å². The fourth-order valence-electron chi connectivity index (χ4n) is 3.37. The summed E-state index contributed by atoms with van der Waals surface area (Å²) in [7, 11) is 1.75. The predicted octanol–water partition coefficient (Wildman–Crippen LogP) is 1.53. The molecule has 0 saturated heterocycles. The Hall–Kier alpha value is -2.60. The second-order valence-corrected chi connectivity index (χ2v) is 6.29. The lowest BCUT2D eigenvalue weighted by Gasteiger charge is -2.31. The molecule has 0 fully saturated rings. The molecule has 24 heavy (non-hydrogen) atoms. The first kappa shape index (κ1) is 15.0. The SMILES string of the molecule is CN1Cc2ccccc2C(NC(=O)c2cc3c([nH]2)CCOC3)C1=O. The van der Waals surface area contributed by atoms with E-state index >= 15 is 0 Å². The molecule has 6 heteroatoms. The van der Waals surface area contributed by atoms with E-state index in [2.05, 4.69) is 10.3 Å². The Morgan fingerprint density at radius 2 is 2.17 bits per heavy atom. The van der Waals surface area contributed by atoms with Crippen LogP contribution >= 0.6 is 0 Å². The first-order valence-corrected chi connectivity index (χ1v) is 8.05. The van der Waals surface area contributed by atoms with Crippen LogP contribution < -0.4 is 5.32 Å². The molecular weight excluding hydrogens is 306 g/mol. The molecule has 0 saturated carbocycles. The Kier molecular flexibility index (Phi) is 3.61. The maximum atomic E-state index is 12.6. The molecule has 6 nitrogen and oxygen atoms in total. The number of carbonyl (C=O) groups excluding carboxylic acids is 2. The summed E-state index contributed by atoms with van der Waals surface area (Å²) in [5.41, 5.74) is 4.46. The quantitative estimate of drug-likeness (QED) is 0.879. The number of aromatic nitrogens is 1. The van der Waals surface area contributed by atoms with E-state index in [-0.39, 0.29) is 11.8 Å². The average Bonchev–Trinajstić information content (AvgIpc) is 3.03. The van der Waals surface area contributed by atoms with Gasteiger partial charge in [-0.25, -0.2) is 0 Å². The number of amides is 2. The predicted molar refractivity (Wildman–Crippen MR) is 87.3 cm³/mol. The molecule has 2 aromatic rings. The topological polar surface area (TPSA) is 74.4 Å². The number of H-pyrrole nitrogens is 1. The number of hydrogen-bond acceptors (Lipinski definition) is 3. The minimum atomic E-state index is -0.649. The molecule has 1 unspecified atom stereocenters. The first-order valence-electron chi connectivity index (χ1n) is 8.05. The summed E-state index contributed by atoms with van der Waals surface area (Å²) in [6.07, 6.45) is 0.774. The highest BCUT2D eigenvalue weighted by molar-refractivity contribution is 5.97. The molecule has 1 aromatic carbocycles. The van der Waals surface area contributed by atoms with Crippen LogP contribution in [0.25, 0.3) is 0 Å². The number of benzene rings is 1. The molecule has 1 aromatic heterocycles. The summed E-state index contributed by atoms with van der Waals surface area (Å²) in [6.45, 7) is 1.75. The van der Waals surface area contributed by atoms with Crippen LogP contribution in [-0.2, 0) is 29.1 Å². The lowest BCUT2D eigenvalue weighted by Crippen LogP contribution is -2.44. The molecule has 0 spiro atoms. The van der Waals surface area contributed by atoms with Crippen LogP contribution in [0.1, 0.15) is 38.9 Å². The molecule has 2 N–H and O–H groups in total. The number of hydrogen-bond donors (Lipinski definition) is 2. The third-order valence-electron chi connectivity index (χ3n) is 4.66. The van der Waals surface area contributed by atoms with Crippen LogP contribution in [0.5, 0.6) is 0 Å². The van der Waals surface area contributed by atoms with Gasteiger partial charge in [-0.3, -0.25) is 9.59 Å². The standard InChI is InChI=1S/C18H19N3O3/c1-21-9-11-4-2-3-5-13(11)16(18(21)23)20-17(22)15-8-12-10-24-7-6-14(12)19-15/h2-5,8,16,19H,6-7,9-10H2,1H3,(H,20,22). The van der Waals surface area contributed by atoms with Crippen molar-refractivity contribution in [3.8, 4) is 0 Å². The Morgan fingerprint density at radius 3 is 3.00 bits per heavy atom. The molecule has 124 valence electrons. The monoisotopic (exact) mass is 325 g/mol. The second kappa shape index (κ2) is 5.79. The van der Waals surface area contributed by atoms with Gasteiger partial charge in [0.05, 0.1) is 13.2 Å². The summed E-state index contributed by atoms with van der Waals surface area (Å²) in [6, 6.07) is 8.89. The minimum absolute atomic E-state index is 0.0956. The summed E-state index contributed by atoms with van der Waals surface area (Å²) < 4.78 is 5.40. The van der Waals surface area contributed by atoms with E-state index in [4.69, 9.17) is 4.74 Å². The molecule has 3 heterocycles. The minimum Gasteiger partial charge on any atom is -0.376 e. The third-order valence-corrected chi connectivity index (χ3v) is 4.66. The van der Waals surface area contributed by atoms with Gasteiger partial charge < -0.3 is 19.9 Å². The molecule has 0 radical (unpaired) electrons. The molecule has 4 rings (SSSR count). The van der Waals surface area contributed by atoms with E-state index in [0.29, 0.717) is 25.5 Å². The highest BCUT2D eigenvalue weighted by Gasteiger charge is 2.32. The molecular formula is C18H19N3O3. The van der Waals surface area contributed by atoms with Gasteiger partial charge in [0, 0.05) is 25.7 Å².